The first-order valence-corrected chi connectivity index (χ1v) is 10.4. The zero-order valence-corrected chi connectivity index (χ0v) is 17.3. The lowest BCUT2D eigenvalue weighted by atomic mass is 9.68. The number of fused-ring (bicyclic) bond motifs is 3. The molecule has 2 heterocycles. The molecule has 1 aromatic carbocycles. The molecule has 4 rings (SSSR count). The fourth-order valence-electron chi connectivity index (χ4n) is 4.44. The number of benzene rings is 1. The largest absolute Gasteiger partial charge is 0.669 e. The molecule has 0 radical (unpaired) electrons. The summed E-state index contributed by atoms with van der Waals surface area (Å²) in [7, 11) is 0. The molecular formula is C19H28BN4O7-. The van der Waals surface area contributed by atoms with Crippen LogP contribution >= 0.6 is 0 Å². The third-order valence-corrected chi connectivity index (χ3v) is 6.17. The number of amides is 1. The van der Waals surface area contributed by atoms with E-state index in [0.717, 1.165) is 0 Å². The number of ether oxygens (including phenoxy) is 1. The number of nitrogens with two attached hydrogens (primary N) is 2. The second kappa shape index (κ2) is 7.64. The fourth-order valence-corrected chi connectivity index (χ4v) is 4.44. The number of carbonyl (C=O) groups excluding carboxylic acids is 1. The van der Waals surface area contributed by atoms with Gasteiger partial charge < -0.3 is 41.3 Å². The smallest absolute Gasteiger partial charge is 0.434 e. The molecule has 11 nitrogen and oxygen atoms in total. The second-order valence-electron chi connectivity index (χ2n) is 8.94. The summed E-state index contributed by atoms with van der Waals surface area (Å²) < 4.78 is 11.2. The van der Waals surface area contributed by atoms with Crippen LogP contribution in [0.4, 0.5) is 0 Å². The van der Waals surface area contributed by atoms with Crippen LogP contribution in [-0.4, -0.2) is 83.1 Å². The minimum Gasteiger partial charge on any atom is -0.669 e. The predicted octanol–water partition coefficient (Wildman–Crippen LogP) is -1.59. The summed E-state index contributed by atoms with van der Waals surface area (Å²) >= 11 is 0. The Bertz CT molecular complexity index is 903. The van der Waals surface area contributed by atoms with Crippen molar-refractivity contribution in [2.24, 2.45) is 11.5 Å². The Morgan fingerprint density at radius 3 is 2.74 bits per heavy atom. The molecule has 1 aromatic rings. The number of nitrogens with one attached hydrogen (secondary N) is 1. The van der Waals surface area contributed by atoms with Gasteiger partial charge in [-0.1, -0.05) is 18.3 Å². The number of carboxylic acid groups (broad SMARTS) is 1. The highest BCUT2D eigenvalue weighted by atomic mass is 16.6. The van der Waals surface area contributed by atoms with Crippen molar-refractivity contribution in [3.8, 4) is 11.5 Å². The van der Waals surface area contributed by atoms with Crippen molar-refractivity contribution in [1.29, 1.82) is 0 Å². The molecule has 1 aliphatic carbocycles. The summed E-state index contributed by atoms with van der Waals surface area (Å²) in [6.45, 7) is 0.465. The van der Waals surface area contributed by atoms with Gasteiger partial charge in [-0.2, -0.15) is 0 Å². The van der Waals surface area contributed by atoms with E-state index >= 15 is 0 Å². The number of aromatic carboxylic acids is 1. The van der Waals surface area contributed by atoms with Crippen molar-refractivity contribution in [2.75, 3.05) is 32.7 Å². The Labute approximate surface area is 179 Å². The van der Waals surface area contributed by atoms with Gasteiger partial charge in [0, 0.05) is 32.7 Å². The van der Waals surface area contributed by atoms with Crippen LogP contribution in [0, 0.1) is 0 Å². The molecule has 31 heavy (non-hydrogen) atoms. The Balaban J connectivity index is 1.41. The van der Waals surface area contributed by atoms with Gasteiger partial charge in [-0.3, -0.25) is 9.69 Å². The summed E-state index contributed by atoms with van der Waals surface area (Å²) in [6, 6.07) is 3.31. The van der Waals surface area contributed by atoms with Gasteiger partial charge in [0.15, 0.2) is 0 Å². The normalized spacial score (nSPS) is 25.8. The van der Waals surface area contributed by atoms with Gasteiger partial charge in [0.05, 0.1) is 5.75 Å². The average molecular weight is 435 g/mol. The number of carbonyl (C=O) groups is 2. The minimum atomic E-state index is -3.09. The first-order chi connectivity index (χ1) is 14.5. The summed E-state index contributed by atoms with van der Waals surface area (Å²) in [5.74, 6) is -1.99. The number of hydrogen-bond acceptors (Lipinski definition) is 9. The highest BCUT2D eigenvalue weighted by molar-refractivity contribution is 6.62. The van der Waals surface area contributed by atoms with E-state index < -0.39 is 24.1 Å². The molecule has 0 bridgehead atoms. The summed E-state index contributed by atoms with van der Waals surface area (Å²) in [4.78, 5) is 26.0. The molecule has 8 N–H and O–H groups in total. The van der Waals surface area contributed by atoms with Gasteiger partial charge in [0.2, 0.25) is 5.91 Å². The average Bonchev–Trinajstić information content (AvgIpc) is 3.45. The molecule has 0 unspecified atom stereocenters. The van der Waals surface area contributed by atoms with E-state index in [1.807, 2.05) is 4.90 Å². The van der Waals surface area contributed by atoms with E-state index in [2.05, 4.69) is 5.32 Å². The van der Waals surface area contributed by atoms with Crippen LogP contribution in [-0.2, 0) is 4.79 Å². The minimum absolute atomic E-state index is 0.0314. The molecule has 2 fully saturated rings. The van der Waals surface area contributed by atoms with E-state index in [1.165, 1.54) is 0 Å². The molecule has 1 saturated carbocycles. The van der Waals surface area contributed by atoms with Crippen LogP contribution < -0.4 is 26.2 Å². The molecule has 3 atom stereocenters. The van der Waals surface area contributed by atoms with Crippen molar-refractivity contribution < 1.29 is 34.1 Å². The lowest BCUT2D eigenvalue weighted by Gasteiger charge is -2.43. The van der Waals surface area contributed by atoms with Gasteiger partial charge in [0.25, 0.3) is 0 Å². The predicted molar refractivity (Wildman–Crippen MR) is 111 cm³/mol. The third-order valence-electron chi connectivity index (χ3n) is 6.17. The van der Waals surface area contributed by atoms with Gasteiger partial charge >= 0.3 is 12.7 Å². The Hall–Kier alpha value is -2.38. The monoisotopic (exact) mass is 435 g/mol. The number of rotatable bonds is 8. The van der Waals surface area contributed by atoms with Crippen LogP contribution in [0.15, 0.2) is 12.1 Å². The number of hydrogen-bond donors (Lipinski definition) is 6. The van der Waals surface area contributed by atoms with E-state index in [1.54, 1.807) is 19.1 Å². The second-order valence-corrected chi connectivity index (χ2v) is 8.94. The summed E-state index contributed by atoms with van der Waals surface area (Å²) in [5, 5.41) is 32.6. The Morgan fingerprint density at radius 1 is 1.39 bits per heavy atom. The third kappa shape index (κ3) is 4.09. The Morgan fingerprint density at radius 2 is 2.10 bits per heavy atom. The van der Waals surface area contributed by atoms with Gasteiger partial charge in [-0.25, -0.2) is 4.79 Å². The molecule has 0 aromatic heterocycles. The van der Waals surface area contributed by atoms with Crippen molar-refractivity contribution in [3.05, 3.63) is 23.3 Å². The van der Waals surface area contributed by atoms with Crippen LogP contribution in [0.1, 0.15) is 35.2 Å². The molecule has 1 amide bonds. The molecule has 3 aliphatic rings. The van der Waals surface area contributed by atoms with Crippen molar-refractivity contribution in [3.63, 3.8) is 0 Å². The van der Waals surface area contributed by atoms with E-state index in [9.17, 15) is 24.7 Å². The summed E-state index contributed by atoms with van der Waals surface area (Å²) in [5.41, 5.74) is 10.9. The van der Waals surface area contributed by atoms with Gasteiger partial charge in [-0.15, -0.1) is 0 Å². The lowest BCUT2D eigenvalue weighted by molar-refractivity contribution is -0.127. The first kappa shape index (κ1) is 21.8. The maximum atomic E-state index is 12.1. The van der Waals surface area contributed by atoms with Crippen molar-refractivity contribution in [1.82, 2.24) is 10.2 Å². The molecule has 1 saturated heterocycles. The van der Waals surface area contributed by atoms with E-state index in [4.69, 9.17) is 20.9 Å². The van der Waals surface area contributed by atoms with Crippen LogP contribution in [0.2, 0.25) is 5.82 Å². The van der Waals surface area contributed by atoms with E-state index in [0.29, 0.717) is 44.7 Å². The Kier molecular flexibility index (Phi) is 5.38. The zero-order chi connectivity index (χ0) is 22.6. The maximum Gasteiger partial charge on any atom is 0.434 e. The van der Waals surface area contributed by atoms with Crippen LogP contribution in [0.5, 0.6) is 11.5 Å². The quantitative estimate of drug-likeness (QED) is 0.261. The molecule has 0 spiro atoms. The standard InChI is InChI=1S/C19H28BN4O7/c1-19(22,18(27)23-5-4-21)9-24-7-10(8-24)30-14-3-2-11-12-6-13(12)20(28,29)31-16(11)15(14)17(25)26/h2-3,10,12-13,28-29H,4-9,21-22H2,1H3,(H,23,27)(H,25,26)/q-1/t12-,13-,19+/m1/s1. The van der Waals surface area contributed by atoms with Crippen molar-refractivity contribution in [2.45, 2.75) is 36.7 Å². The summed E-state index contributed by atoms with van der Waals surface area (Å²) in [6.07, 6.45) is 0.253. The highest BCUT2D eigenvalue weighted by Crippen LogP contribution is 2.63. The van der Waals surface area contributed by atoms with Gasteiger partial charge in [0.1, 0.15) is 23.0 Å². The molecule has 12 heteroatoms. The molecule has 170 valence electrons. The van der Waals surface area contributed by atoms with Crippen molar-refractivity contribution >= 4 is 18.6 Å². The zero-order valence-electron chi connectivity index (χ0n) is 17.3. The van der Waals surface area contributed by atoms with E-state index in [-0.39, 0.29) is 35.0 Å². The number of likely N-dealkylation sites (tertiary alicyclic amines) is 1. The SMILES string of the molecule is C[C@](N)(CN1CC(Oc2ccc3c(c2C(=O)O)O[B-](O)(O)[C@@H]2C[C@H]32)C1)C(=O)NCCN. The lowest BCUT2D eigenvalue weighted by Crippen LogP contribution is -2.64. The van der Waals surface area contributed by atoms with Crippen LogP contribution in [0.25, 0.3) is 0 Å². The topological polar surface area (TPSA) is 181 Å². The number of nitrogens with zero attached hydrogens (tertiary/aromatic N) is 1. The maximum absolute atomic E-state index is 12.1. The molecule has 2 aliphatic heterocycles. The fraction of sp³-hybridized carbons (Fsp3) is 0.579. The van der Waals surface area contributed by atoms with Gasteiger partial charge in [-0.05, 0) is 24.5 Å². The molecular weight excluding hydrogens is 407 g/mol. The first-order valence-electron chi connectivity index (χ1n) is 10.4. The number of carboxylic acids is 1. The van der Waals surface area contributed by atoms with Crippen LogP contribution in [0.3, 0.4) is 0 Å². The highest BCUT2D eigenvalue weighted by Gasteiger charge is 2.55.